The third-order valence-electron chi connectivity index (χ3n) is 3.25. The zero-order valence-corrected chi connectivity index (χ0v) is 10.6. The topological polar surface area (TPSA) is 62.5 Å². The zero-order valence-electron chi connectivity index (χ0n) is 10.6. The average molecular weight is 247 g/mol. The van der Waals surface area contributed by atoms with Crippen LogP contribution in [0.2, 0.25) is 0 Å². The first kappa shape index (κ1) is 12.6. The lowest BCUT2D eigenvalue weighted by Gasteiger charge is -2.05. The number of aromatic nitrogens is 1. The van der Waals surface area contributed by atoms with Gasteiger partial charge in [-0.05, 0) is 30.9 Å². The lowest BCUT2D eigenvalue weighted by Crippen LogP contribution is -2.03. The third kappa shape index (κ3) is 1.99. The van der Waals surface area contributed by atoms with Crippen LogP contribution in [-0.4, -0.2) is 27.4 Å². The van der Waals surface area contributed by atoms with Crippen molar-refractivity contribution in [1.82, 2.24) is 4.57 Å². The van der Waals surface area contributed by atoms with Crippen LogP contribution in [0.25, 0.3) is 10.9 Å². The van der Waals surface area contributed by atoms with Gasteiger partial charge < -0.3 is 14.8 Å². The van der Waals surface area contributed by atoms with Gasteiger partial charge in [0.2, 0.25) is 0 Å². The van der Waals surface area contributed by atoms with Crippen LogP contribution in [0.1, 0.15) is 27.9 Å². The lowest BCUT2D eigenvalue weighted by atomic mass is 10.0. The molecule has 0 aliphatic rings. The van der Waals surface area contributed by atoms with Gasteiger partial charge in [-0.25, -0.2) is 4.79 Å². The number of carbonyl (C=O) groups is 1. The first-order valence-corrected chi connectivity index (χ1v) is 5.98. The van der Waals surface area contributed by atoms with Gasteiger partial charge in [0.15, 0.2) is 0 Å². The van der Waals surface area contributed by atoms with Crippen molar-refractivity contribution in [2.45, 2.75) is 19.8 Å². The summed E-state index contributed by atoms with van der Waals surface area (Å²) in [6.45, 7) is 1.96. The molecule has 2 rings (SSSR count). The first-order valence-electron chi connectivity index (χ1n) is 5.98. The van der Waals surface area contributed by atoms with Crippen molar-refractivity contribution in [3.05, 3.63) is 35.0 Å². The molecule has 0 saturated heterocycles. The molecule has 0 aliphatic heterocycles. The quantitative estimate of drug-likeness (QED) is 0.869. The van der Waals surface area contributed by atoms with Crippen LogP contribution in [0, 0.1) is 6.92 Å². The highest BCUT2D eigenvalue weighted by Crippen LogP contribution is 2.27. The molecule has 0 unspecified atom stereocenters. The summed E-state index contributed by atoms with van der Waals surface area (Å²) in [4.78, 5) is 11.4. The number of aryl methyl sites for hydroxylation is 3. The zero-order chi connectivity index (χ0) is 13.3. The van der Waals surface area contributed by atoms with Gasteiger partial charge >= 0.3 is 5.97 Å². The second-order valence-corrected chi connectivity index (χ2v) is 4.55. The summed E-state index contributed by atoms with van der Waals surface area (Å²) in [7, 11) is 1.86. The van der Waals surface area contributed by atoms with Gasteiger partial charge in [-0.15, -0.1) is 0 Å². The van der Waals surface area contributed by atoms with E-state index in [0.717, 1.165) is 28.5 Å². The van der Waals surface area contributed by atoms with E-state index in [9.17, 15) is 9.90 Å². The fourth-order valence-electron chi connectivity index (χ4n) is 2.42. The van der Waals surface area contributed by atoms with Crippen LogP contribution in [0.5, 0.6) is 0 Å². The molecule has 0 aliphatic carbocycles. The van der Waals surface area contributed by atoms with Crippen LogP contribution in [0.15, 0.2) is 18.3 Å². The largest absolute Gasteiger partial charge is 0.478 e. The van der Waals surface area contributed by atoms with E-state index in [1.54, 1.807) is 0 Å². The lowest BCUT2D eigenvalue weighted by molar-refractivity contribution is 0.0698. The second kappa shape index (κ2) is 4.82. The monoisotopic (exact) mass is 247 g/mol. The number of carboxylic acid groups (broad SMARTS) is 1. The highest BCUT2D eigenvalue weighted by Gasteiger charge is 2.17. The van der Waals surface area contributed by atoms with Crippen molar-refractivity contribution in [2.75, 3.05) is 6.61 Å². The fourth-order valence-corrected chi connectivity index (χ4v) is 2.42. The molecule has 1 heterocycles. The molecule has 4 heteroatoms. The summed E-state index contributed by atoms with van der Waals surface area (Å²) >= 11 is 0. The molecule has 1 aromatic carbocycles. The van der Waals surface area contributed by atoms with Crippen molar-refractivity contribution in [3.63, 3.8) is 0 Å². The summed E-state index contributed by atoms with van der Waals surface area (Å²) in [6.07, 6.45) is 3.40. The van der Waals surface area contributed by atoms with Crippen molar-refractivity contribution in [1.29, 1.82) is 0 Å². The van der Waals surface area contributed by atoms with Crippen LogP contribution in [0.3, 0.4) is 0 Å². The molecule has 0 amide bonds. The van der Waals surface area contributed by atoms with Gasteiger partial charge in [0.05, 0.1) is 11.1 Å². The van der Waals surface area contributed by atoms with E-state index in [1.807, 2.05) is 36.9 Å². The number of benzene rings is 1. The SMILES string of the molecule is Cc1ccc2c(CCCO)cn(C)c2c1C(=O)O. The first-order chi connectivity index (χ1) is 8.56. The average Bonchev–Trinajstić information content (AvgIpc) is 2.63. The molecule has 2 aromatic rings. The Hall–Kier alpha value is -1.81. The molecule has 4 nitrogen and oxygen atoms in total. The number of aliphatic hydroxyl groups is 1. The van der Waals surface area contributed by atoms with E-state index in [-0.39, 0.29) is 6.61 Å². The minimum Gasteiger partial charge on any atom is -0.478 e. The summed E-state index contributed by atoms with van der Waals surface area (Å²) in [5, 5.41) is 19.2. The van der Waals surface area contributed by atoms with Gasteiger partial charge in [0, 0.05) is 25.2 Å². The van der Waals surface area contributed by atoms with Crippen molar-refractivity contribution in [2.24, 2.45) is 7.05 Å². The van der Waals surface area contributed by atoms with Gasteiger partial charge in [0.25, 0.3) is 0 Å². The Morgan fingerprint density at radius 1 is 1.39 bits per heavy atom. The van der Waals surface area contributed by atoms with Crippen LogP contribution in [0.4, 0.5) is 0 Å². The number of aliphatic hydroxyl groups excluding tert-OH is 1. The number of fused-ring (bicyclic) bond motifs is 1. The molecule has 1 aromatic heterocycles. The fraction of sp³-hybridized carbons (Fsp3) is 0.357. The van der Waals surface area contributed by atoms with Gasteiger partial charge in [0.1, 0.15) is 0 Å². The van der Waals surface area contributed by atoms with Crippen molar-refractivity contribution in [3.8, 4) is 0 Å². The highest BCUT2D eigenvalue weighted by atomic mass is 16.4. The predicted octanol–water partition coefficient (Wildman–Crippen LogP) is 2.11. The van der Waals surface area contributed by atoms with Crippen molar-refractivity contribution < 1.29 is 15.0 Å². The Kier molecular flexibility index (Phi) is 3.39. The molecule has 0 atom stereocenters. The summed E-state index contributed by atoms with van der Waals surface area (Å²) < 4.78 is 1.86. The number of nitrogens with zero attached hydrogens (tertiary/aromatic N) is 1. The smallest absolute Gasteiger partial charge is 0.338 e. The van der Waals surface area contributed by atoms with Crippen molar-refractivity contribution >= 4 is 16.9 Å². The molecule has 0 spiro atoms. The van der Waals surface area contributed by atoms with E-state index in [4.69, 9.17) is 5.11 Å². The Morgan fingerprint density at radius 2 is 2.11 bits per heavy atom. The normalized spacial score (nSPS) is 11.1. The molecule has 96 valence electrons. The summed E-state index contributed by atoms with van der Waals surface area (Å²) in [6, 6.07) is 3.80. The minimum atomic E-state index is -0.895. The van der Waals surface area contributed by atoms with E-state index >= 15 is 0 Å². The van der Waals surface area contributed by atoms with Crippen LogP contribution >= 0.6 is 0 Å². The molecule has 2 N–H and O–H groups in total. The Bertz CT molecular complexity index is 599. The summed E-state index contributed by atoms with van der Waals surface area (Å²) in [5.74, 6) is -0.895. The molecule has 0 radical (unpaired) electrons. The Morgan fingerprint density at radius 3 is 2.72 bits per heavy atom. The van der Waals surface area contributed by atoms with Gasteiger partial charge in [-0.3, -0.25) is 0 Å². The molecular formula is C14H17NO3. The minimum absolute atomic E-state index is 0.147. The molecule has 0 saturated carbocycles. The molecule has 18 heavy (non-hydrogen) atoms. The molecular weight excluding hydrogens is 230 g/mol. The Balaban J connectivity index is 2.67. The van der Waals surface area contributed by atoms with Crippen LogP contribution in [-0.2, 0) is 13.5 Å². The molecule has 0 bridgehead atoms. The third-order valence-corrected chi connectivity index (χ3v) is 3.25. The maximum atomic E-state index is 11.4. The van der Waals surface area contributed by atoms with E-state index in [2.05, 4.69) is 0 Å². The number of hydrogen-bond donors (Lipinski definition) is 2. The van der Waals surface area contributed by atoms with E-state index < -0.39 is 5.97 Å². The van der Waals surface area contributed by atoms with E-state index in [1.165, 1.54) is 0 Å². The van der Waals surface area contributed by atoms with Gasteiger partial charge in [-0.2, -0.15) is 0 Å². The van der Waals surface area contributed by atoms with E-state index in [0.29, 0.717) is 12.0 Å². The molecule has 0 fully saturated rings. The number of carboxylic acids is 1. The van der Waals surface area contributed by atoms with Gasteiger partial charge in [-0.1, -0.05) is 12.1 Å². The maximum Gasteiger partial charge on any atom is 0.338 e. The Labute approximate surface area is 105 Å². The van der Waals surface area contributed by atoms with Crippen LogP contribution < -0.4 is 0 Å². The maximum absolute atomic E-state index is 11.4. The standard InChI is InChI=1S/C14H17NO3/c1-9-5-6-11-10(4-3-7-16)8-15(2)13(11)12(9)14(17)18/h5-6,8,16H,3-4,7H2,1-2H3,(H,17,18). The predicted molar refractivity (Wildman–Crippen MR) is 70.0 cm³/mol. The number of hydrogen-bond acceptors (Lipinski definition) is 2. The summed E-state index contributed by atoms with van der Waals surface area (Å²) in [5.41, 5.74) is 2.98. The second-order valence-electron chi connectivity index (χ2n) is 4.55. The number of rotatable bonds is 4. The highest BCUT2D eigenvalue weighted by molar-refractivity contribution is 6.04. The number of aromatic carboxylic acids is 1.